The molecule has 0 aromatic carbocycles. The first-order valence-corrected chi connectivity index (χ1v) is 10.7. The number of hydrogen-bond donors (Lipinski definition) is 1. The summed E-state index contributed by atoms with van der Waals surface area (Å²) >= 11 is 0. The Labute approximate surface area is 184 Å². The van der Waals surface area contributed by atoms with E-state index in [1.807, 2.05) is 34.8 Å². The van der Waals surface area contributed by atoms with E-state index in [9.17, 15) is 5.26 Å². The molecule has 0 radical (unpaired) electrons. The van der Waals surface area contributed by atoms with Crippen LogP contribution in [0.3, 0.4) is 0 Å². The van der Waals surface area contributed by atoms with E-state index >= 15 is 0 Å². The second kappa shape index (κ2) is 9.98. The van der Waals surface area contributed by atoms with Crippen LogP contribution < -0.4 is 5.73 Å². The quantitative estimate of drug-likeness (QED) is 0.684. The normalized spacial score (nSPS) is 16.9. The molecule has 1 aliphatic rings. The second-order valence-corrected chi connectivity index (χ2v) is 7.44. The number of ether oxygens (including phenoxy) is 1. The van der Waals surface area contributed by atoms with E-state index in [0.717, 1.165) is 48.3 Å². The van der Waals surface area contributed by atoms with E-state index in [4.69, 9.17) is 15.5 Å². The topological polar surface area (TPSA) is 93.0 Å². The summed E-state index contributed by atoms with van der Waals surface area (Å²) in [4.78, 5) is 10.9. The minimum Gasteiger partial charge on any atom is -0.424 e. The Morgan fingerprint density at radius 3 is 2.71 bits per heavy atom. The molecule has 0 saturated heterocycles. The van der Waals surface area contributed by atoms with Crippen molar-refractivity contribution in [2.75, 3.05) is 13.6 Å². The highest BCUT2D eigenvalue weighted by Crippen LogP contribution is 2.43. The molecule has 162 valence electrons. The molecular formula is C24H30N6O. The zero-order valence-electron chi connectivity index (χ0n) is 18.7. The summed E-state index contributed by atoms with van der Waals surface area (Å²) in [6.45, 7) is 7.08. The molecule has 7 nitrogen and oxygen atoms in total. The van der Waals surface area contributed by atoms with Crippen molar-refractivity contribution in [3.63, 3.8) is 0 Å². The Balaban J connectivity index is 2.18. The van der Waals surface area contributed by atoms with Crippen LogP contribution in [0.2, 0.25) is 0 Å². The van der Waals surface area contributed by atoms with Crippen LogP contribution in [0.25, 0.3) is 5.69 Å². The highest BCUT2D eigenvalue weighted by atomic mass is 16.5. The first-order valence-electron chi connectivity index (χ1n) is 10.7. The number of nitrogens with zero attached hydrogens (tertiary/aromatic N) is 5. The Morgan fingerprint density at radius 2 is 2.16 bits per heavy atom. The molecular weight excluding hydrogens is 388 g/mol. The number of imidazole rings is 1. The van der Waals surface area contributed by atoms with Crippen LogP contribution in [0.15, 0.2) is 71.6 Å². The van der Waals surface area contributed by atoms with Gasteiger partial charge in [0.15, 0.2) is 0 Å². The predicted molar refractivity (Wildman–Crippen MR) is 121 cm³/mol. The molecule has 0 aliphatic carbocycles. The van der Waals surface area contributed by atoms with Crippen LogP contribution >= 0.6 is 0 Å². The molecule has 1 unspecified atom stereocenters. The van der Waals surface area contributed by atoms with Gasteiger partial charge in [0, 0.05) is 31.6 Å². The lowest BCUT2D eigenvalue weighted by atomic mass is 9.81. The van der Waals surface area contributed by atoms with Crippen LogP contribution in [-0.2, 0) is 4.74 Å². The number of allylic oxidation sites excluding steroid dienone is 4. The van der Waals surface area contributed by atoms with Gasteiger partial charge in [-0.15, -0.1) is 0 Å². The predicted octanol–water partition coefficient (Wildman–Crippen LogP) is 4.37. The molecule has 2 aromatic heterocycles. The largest absolute Gasteiger partial charge is 0.424 e. The molecule has 0 spiro atoms. The van der Waals surface area contributed by atoms with Gasteiger partial charge in [0.05, 0.1) is 29.8 Å². The number of pyridine rings is 1. The van der Waals surface area contributed by atoms with Crippen LogP contribution in [0.1, 0.15) is 51.6 Å². The summed E-state index contributed by atoms with van der Waals surface area (Å²) in [5, 5.41) is 9.96. The first kappa shape index (κ1) is 22.2. The van der Waals surface area contributed by atoms with E-state index in [2.05, 4.69) is 37.9 Å². The summed E-state index contributed by atoms with van der Waals surface area (Å²) < 4.78 is 7.90. The van der Waals surface area contributed by atoms with E-state index in [1.54, 1.807) is 18.7 Å². The summed E-state index contributed by atoms with van der Waals surface area (Å²) in [5.41, 5.74) is 10.4. The van der Waals surface area contributed by atoms with Crippen molar-refractivity contribution in [3.05, 3.63) is 77.3 Å². The van der Waals surface area contributed by atoms with Gasteiger partial charge in [-0.3, -0.25) is 4.98 Å². The molecule has 0 amide bonds. The van der Waals surface area contributed by atoms with Gasteiger partial charge in [-0.25, -0.2) is 4.98 Å². The van der Waals surface area contributed by atoms with Crippen molar-refractivity contribution in [1.29, 1.82) is 5.26 Å². The lowest BCUT2D eigenvalue weighted by Crippen LogP contribution is -2.30. The third-order valence-corrected chi connectivity index (χ3v) is 5.50. The SMILES string of the molecule is CCC/C=C(/CC)C1=C(N(C)CC)OC(N)=C(C#N)C1c1ccc(-n2ccnc2)cn1. The van der Waals surface area contributed by atoms with Crippen molar-refractivity contribution >= 4 is 0 Å². The molecule has 3 rings (SSSR count). The maximum atomic E-state index is 9.96. The van der Waals surface area contributed by atoms with Gasteiger partial charge in [0.25, 0.3) is 0 Å². The maximum Gasteiger partial charge on any atom is 0.207 e. The van der Waals surface area contributed by atoms with Gasteiger partial charge in [-0.05, 0) is 37.5 Å². The fourth-order valence-corrected chi connectivity index (χ4v) is 3.69. The van der Waals surface area contributed by atoms with Gasteiger partial charge in [-0.1, -0.05) is 26.3 Å². The van der Waals surface area contributed by atoms with Crippen LogP contribution in [-0.4, -0.2) is 33.0 Å². The highest BCUT2D eigenvalue weighted by Gasteiger charge is 2.36. The average molecular weight is 419 g/mol. The smallest absolute Gasteiger partial charge is 0.207 e. The number of nitriles is 1. The number of nitrogens with two attached hydrogens (primary N) is 1. The lowest BCUT2D eigenvalue weighted by molar-refractivity contribution is 0.171. The fraction of sp³-hybridized carbons (Fsp3) is 0.375. The maximum absolute atomic E-state index is 9.96. The molecule has 3 heterocycles. The van der Waals surface area contributed by atoms with Gasteiger partial charge in [0.2, 0.25) is 11.8 Å². The molecule has 7 heteroatoms. The van der Waals surface area contributed by atoms with E-state index in [0.29, 0.717) is 11.5 Å². The zero-order valence-corrected chi connectivity index (χ0v) is 18.7. The average Bonchev–Trinajstić information content (AvgIpc) is 3.34. The van der Waals surface area contributed by atoms with E-state index < -0.39 is 0 Å². The summed E-state index contributed by atoms with van der Waals surface area (Å²) in [7, 11) is 1.97. The summed E-state index contributed by atoms with van der Waals surface area (Å²) in [6, 6.07) is 6.21. The van der Waals surface area contributed by atoms with Crippen molar-refractivity contribution in [2.24, 2.45) is 5.73 Å². The molecule has 1 atom stereocenters. The fourth-order valence-electron chi connectivity index (χ4n) is 3.69. The Morgan fingerprint density at radius 1 is 1.35 bits per heavy atom. The third-order valence-electron chi connectivity index (χ3n) is 5.50. The zero-order chi connectivity index (χ0) is 22.4. The molecule has 0 bridgehead atoms. The summed E-state index contributed by atoms with van der Waals surface area (Å²) in [5.74, 6) is 0.439. The van der Waals surface area contributed by atoms with Gasteiger partial charge < -0.3 is 19.9 Å². The molecule has 0 fully saturated rings. The monoisotopic (exact) mass is 418 g/mol. The standard InChI is InChI=1S/C24H30N6O/c1-5-8-9-17(6-2)21-22(19(14-25)23(26)31-24(21)29(4)7-3)20-11-10-18(15-28-20)30-13-12-27-16-30/h9-13,15-16,22H,5-8,26H2,1-4H3/b17-9-. The Bertz CT molecular complexity index is 1030. The van der Waals surface area contributed by atoms with Gasteiger partial charge >= 0.3 is 0 Å². The van der Waals surface area contributed by atoms with Crippen molar-refractivity contribution in [1.82, 2.24) is 19.4 Å². The van der Waals surface area contributed by atoms with Crippen molar-refractivity contribution in [3.8, 4) is 11.8 Å². The molecule has 1 aliphatic heterocycles. The van der Waals surface area contributed by atoms with Crippen LogP contribution in [0, 0.1) is 11.3 Å². The van der Waals surface area contributed by atoms with Crippen LogP contribution in [0.5, 0.6) is 0 Å². The molecule has 2 aromatic rings. The minimum absolute atomic E-state index is 0.137. The Kier molecular flexibility index (Phi) is 7.14. The van der Waals surface area contributed by atoms with Crippen molar-refractivity contribution in [2.45, 2.75) is 46.0 Å². The van der Waals surface area contributed by atoms with Crippen molar-refractivity contribution < 1.29 is 4.74 Å². The van der Waals surface area contributed by atoms with Crippen LogP contribution in [0.4, 0.5) is 0 Å². The number of unbranched alkanes of at least 4 members (excludes halogenated alkanes) is 1. The number of aromatic nitrogens is 3. The first-order chi connectivity index (χ1) is 15.0. The van der Waals surface area contributed by atoms with E-state index in [-0.39, 0.29) is 11.8 Å². The third kappa shape index (κ3) is 4.48. The lowest BCUT2D eigenvalue weighted by Gasteiger charge is -2.33. The second-order valence-electron chi connectivity index (χ2n) is 7.44. The van der Waals surface area contributed by atoms with Gasteiger partial charge in [-0.2, -0.15) is 5.26 Å². The summed E-state index contributed by atoms with van der Waals surface area (Å²) in [6.07, 6.45) is 12.2. The molecule has 2 N–H and O–H groups in total. The Hall–Kier alpha value is -3.53. The van der Waals surface area contributed by atoms with E-state index in [1.165, 1.54) is 0 Å². The molecule has 31 heavy (non-hydrogen) atoms. The number of hydrogen-bond acceptors (Lipinski definition) is 6. The highest BCUT2D eigenvalue weighted by molar-refractivity contribution is 5.54. The number of rotatable bonds is 8. The minimum atomic E-state index is -0.386. The molecule has 0 saturated carbocycles. The van der Waals surface area contributed by atoms with Gasteiger partial charge in [0.1, 0.15) is 11.6 Å².